The zero-order chi connectivity index (χ0) is 28.2. The molecular formula is C29H23ClN6O3S. The number of benzene rings is 3. The molecule has 2 aromatic heterocycles. The van der Waals surface area contributed by atoms with Crippen molar-refractivity contribution in [2.24, 2.45) is 5.10 Å². The van der Waals surface area contributed by atoms with Crippen molar-refractivity contribution in [3.05, 3.63) is 122 Å². The first kappa shape index (κ1) is 26.8. The summed E-state index contributed by atoms with van der Waals surface area (Å²) in [6, 6.07) is 22.8. The quantitative estimate of drug-likeness (QED) is 0.115. The van der Waals surface area contributed by atoms with E-state index in [-0.39, 0.29) is 11.6 Å². The molecule has 5 rings (SSSR count). The minimum absolute atomic E-state index is 0.0336. The van der Waals surface area contributed by atoms with Gasteiger partial charge in [0.15, 0.2) is 5.13 Å². The highest BCUT2D eigenvalue weighted by Gasteiger charge is 2.12. The van der Waals surface area contributed by atoms with Gasteiger partial charge in [-0.15, -0.1) is 11.3 Å². The zero-order valence-electron chi connectivity index (χ0n) is 21.5. The van der Waals surface area contributed by atoms with Crippen LogP contribution in [-0.2, 0) is 0 Å². The molecule has 1 amide bonds. The third-order valence-electron chi connectivity index (χ3n) is 6.20. The molecule has 9 nitrogen and oxygen atoms in total. The summed E-state index contributed by atoms with van der Waals surface area (Å²) < 4.78 is 1.97. The van der Waals surface area contributed by atoms with Gasteiger partial charge in [0.25, 0.3) is 11.6 Å². The first-order chi connectivity index (χ1) is 19.3. The molecule has 0 atom stereocenters. The van der Waals surface area contributed by atoms with Crippen molar-refractivity contribution in [1.82, 2.24) is 15.0 Å². The molecule has 2 N–H and O–H groups in total. The van der Waals surface area contributed by atoms with E-state index >= 15 is 0 Å². The number of nitrogens with one attached hydrogen (secondary N) is 2. The van der Waals surface area contributed by atoms with Crippen molar-refractivity contribution in [1.29, 1.82) is 0 Å². The van der Waals surface area contributed by atoms with Gasteiger partial charge in [0.2, 0.25) is 0 Å². The first-order valence-corrected chi connectivity index (χ1v) is 13.4. The molecule has 0 radical (unpaired) electrons. The molecule has 0 unspecified atom stereocenters. The summed E-state index contributed by atoms with van der Waals surface area (Å²) in [5.74, 6) is -0.338. The van der Waals surface area contributed by atoms with Gasteiger partial charge >= 0.3 is 0 Å². The minimum Gasteiger partial charge on any atom is -0.332 e. The second-order valence-electron chi connectivity index (χ2n) is 8.88. The molecule has 200 valence electrons. The third kappa shape index (κ3) is 5.93. The zero-order valence-corrected chi connectivity index (χ0v) is 23.0. The summed E-state index contributed by atoms with van der Waals surface area (Å²) in [6.45, 7) is 3.86. The molecule has 11 heteroatoms. The summed E-state index contributed by atoms with van der Waals surface area (Å²) in [7, 11) is 0. The van der Waals surface area contributed by atoms with Gasteiger partial charge in [-0.05, 0) is 68.4 Å². The Balaban J connectivity index is 1.22. The molecule has 0 aliphatic carbocycles. The highest BCUT2D eigenvalue weighted by atomic mass is 35.5. The fraction of sp³-hybridized carbons (Fsp3) is 0.0690. The maximum Gasteiger partial charge on any atom is 0.271 e. The number of carbonyl (C=O) groups excluding carboxylic acids is 1. The van der Waals surface area contributed by atoms with E-state index in [1.807, 2.05) is 66.3 Å². The van der Waals surface area contributed by atoms with Crippen molar-refractivity contribution in [2.45, 2.75) is 13.8 Å². The molecule has 0 saturated carbocycles. The molecule has 3 aromatic carbocycles. The number of anilines is 2. The van der Waals surface area contributed by atoms with E-state index in [1.165, 1.54) is 23.5 Å². The number of nitro groups is 1. The molecule has 0 aliphatic rings. The van der Waals surface area contributed by atoms with E-state index in [0.29, 0.717) is 10.6 Å². The Morgan fingerprint density at radius 2 is 1.75 bits per heavy atom. The fourth-order valence-electron chi connectivity index (χ4n) is 4.18. The number of hydrogen-bond acceptors (Lipinski definition) is 7. The van der Waals surface area contributed by atoms with Crippen LogP contribution in [0.1, 0.15) is 27.3 Å². The molecule has 5 aromatic rings. The molecule has 0 aliphatic heterocycles. The van der Waals surface area contributed by atoms with Gasteiger partial charge in [0, 0.05) is 62.0 Å². The molecule has 0 bridgehead atoms. The molecular weight excluding hydrogens is 548 g/mol. The second kappa shape index (κ2) is 11.5. The Kier molecular flexibility index (Phi) is 7.72. The fourth-order valence-corrected chi connectivity index (χ4v) is 5.04. The van der Waals surface area contributed by atoms with E-state index in [0.717, 1.165) is 44.7 Å². The van der Waals surface area contributed by atoms with Crippen LogP contribution in [0.5, 0.6) is 0 Å². The van der Waals surface area contributed by atoms with Crippen LogP contribution in [0.2, 0.25) is 5.02 Å². The van der Waals surface area contributed by atoms with E-state index < -0.39 is 4.92 Å². The third-order valence-corrected chi connectivity index (χ3v) is 7.21. The number of nitro benzene ring substituents is 1. The summed E-state index contributed by atoms with van der Waals surface area (Å²) in [5.41, 5.74) is 9.10. The van der Waals surface area contributed by atoms with Gasteiger partial charge in [-0.3, -0.25) is 14.9 Å². The van der Waals surface area contributed by atoms with Gasteiger partial charge in [-0.1, -0.05) is 23.7 Å². The lowest BCUT2D eigenvalue weighted by molar-refractivity contribution is -0.384. The van der Waals surface area contributed by atoms with Crippen molar-refractivity contribution in [3.63, 3.8) is 0 Å². The SMILES string of the molecule is Cc1cc(/C=N\NC(=O)c2ccc(-c3csc(Nc4ccc(Cl)cc4)n3)cc2)c(C)n1-c1ccc([N+](=O)[O-])cc1. The van der Waals surface area contributed by atoms with Crippen LogP contribution in [0.25, 0.3) is 16.9 Å². The van der Waals surface area contributed by atoms with E-state index in [1.54, 1.807) is 30.5 Å². The van der Waals surface area contributed by atoms with Crippen molar-refractivity contribution >= 4 is 51.6 Å². The standard InChI is InChI=1S/C29H23ClN6O3S/c1-18-15-22(19(2)35(18)25-11-13-26(14-12-25)36(38)39)16-31-34-28(37)21-5-3-20(4-6-21)27-17-40-29(33-27)32-24-9-7-23(30)8-10-24/h3-17H,1-2H3,(H,32,33)(H,34,37)/b31-16-. The van der Waals surface area contributed by atoms with Crippen molar-refractivity contribution in [2.75, 3.05) is 5.32 Å². The molecule has 0 fully saturated rings. The summed E-state index contributed by atoms with van der Waals surface area (Å²) in [5, 5.41) is 21.7. The maximum absolute atomic E-state index is 12.7. The number of aromatic nitrogens is 2. The lowest BCUT2D eigenvalue weighted by Crippen LogP contribution is -2.17. The van der Waals surface area contributed by atoms with Crippen molar-refractivity contribution in [3.8, 4) is 16.9 Å². The van der Waals surface area contributed by atoms with Crippen LogP contribution in [0.15, 0.2) is 89.3 Å². The monoisotopic (exact) mass is 570 g/mol. The molecule has 0 saturated heterocycles. The topological polar surface area (TPSA) is 114 Å². The van der Waals surface area contributed by atoms with Gasteiger partial charge in [-0.25, -0.2) is 10.4 Å². The average Bonchev–Trinajstić information content (AvgIpc) is 3.53. The smallest absolute Gasteiger partial charge is 0.271 e. The highest BCUT2D eigenvalue weighted by Crippen LogP contribution is 2.28. The van der Waals surface area contributed by atoms with E-state index in [9.17, 15) is 14.9 Å². The van der Waals surface area contributed by atoms with Crippen LogP contribution < -0.4 is 10.7 Å². The maximum atomic E-state index is 12.7. The Morgan fingerprint density at radius 1 is 1.05 bits per heavy atom. The number of rotatable bonds is 8. The number of hydrazone groups is 1. The van der Waals surface area contributed by atoms with Gasteiger partial charge in [0.1, 0.15) is 0 Å². The number of amides is 1. The Labute approximate surface area is 238 Å². The number of halogens is 1. The lowest BCUT2D eigenvalue weighted by Gasteiger charge is -2.09. The number of non-ortho nitro benzene ring substituents is 1. The minimum atomic E-state index is -0.426. The molecule has 2 heterocycles. The summed E-state index contributed by atoms with van der Waals surface area (Å²) in [4.78, 5) is 27.8. The highest BCUT2D eigenvalue weighted by molar-refractivity contribution is 7.14. The largest absolute Gasteiger partial charge is 0.332 e. The average molecular weight is 571 g/mol. The lowest BCUT2D eigenvalue weighted by atomic mass is 10.1. The van der Waals surface area contributed by atoms with E-state index in [2.05, 4.69) is 20.8 Å². The summed E-state index contributed by atoms with van der Waals surface area (Å²) in [6.07, 6.45) is 1.58. The number of nitrogens with zero attached hydrogens (tertiary/aromatic N) is 4. The predicted molar refractivity (Wildman–Crippen MR) is 159 cm³/mol. The van der Waals surface area contributed by atoms with Crippen LogP contribution in [-0.4, -0.2) is 26.6 Å². The van der Waals surface area contributed by atoms with Gasteiger partial charge in [-0.2, -0.15) is 5.10 Å². The predicted octanol–water partition coefficient (Wildman–Crippen LogP) is 7.29. The first-order valence-electron chi connectivity index (χ1n) is 12.1. The summed E-state index contributed by atoms with van der Waals surface area (Å²) >= 11 is 7.43. The number of thiazole rings is 1. The molecule has 40 heavy (non-hydrogen) atoms. The second-order valence-corrected chi connectivity index (χ2v) is 10.2. The van der Waals surface area contributed by atoms with Gasteiger partial charge in [0.05, 0.1) is 16.8 Å². The van der Waals surface area contributed by atoms with Crippen molar-refractivity contribution < 1.29 is 9.72 Å². The van der Waals surface area contributed by atoms with E-state index in [4.69, 9.17) is 11.6 Å². The van der Waals surface area contributed by atoms with Gasteiger partial charge < -0.3 is 9.88 Å². The van der Waals surface area contributed by atoms with Crippen LogP contribution >= 0.6 is 22.9 Å². The van der Waals surface area contributed by atoms with Crippen LogP contribution in [0.3, 0.4) is 0 Å². The Hall–Kier alpha value is -4.80. The van der Waals surface area contributed by atoms with Crippen LogP contribution in [0, 0.1) is 24.0 Å². The molecule has 0 spiro atoms. The number of hydrogen-bond donors (Lipinski definition) is 2. The number of aryl methyl sites for hydroxylation is 1. The normalized spacial score (nSPS) is 11.1. The Bertz CT molecular complexity index is 1710. The van der Waals surface area contributed by atoms with Crippen LogP contribution in [0.4, 0.5) is 16.5 Å². The Morgan fingerprint density at radius 3 is 2.42 bits per heavy atom. The number of carbonyl (C=O) groups is 1.